The van der Waals surface area contributed by atoms with Gasteiger partial charge in [-0.05, 0) is 39.0 Å². The lowest BCUT2D eigenvalue weighted by Gasteiger charge is -2.47. The highest BCUT2D eigenvalue weighted by atomic mass is 19.1. The van der Waals surface area contributed by atoms with Crippen LogP contribution in [0.15, 0.2) is 0 Å². The smallest absolute Gasteiger partial charge is 0.118 e. The molecule has 0 saturated carbocycles. The lowest BCUT2D eigenvalue weighted by molar-refractivity contribution is -0.0484. The predicted molar refractivity (Wildman–Crippen MR) is 63.9 cm³/mol. The van der Waals surface area contributed by atoms with E-state index < -0.39 is 5.67 Å². The first-order valence-corrected chi connectivity index (χ1v) is 6.00. The number of hydrogen-bond acceptors (Lipinski definition) is 1. The summed E-state index contributed by atoms with van der Waals surface area (Å²) in [7, 11) is 0. The Hall–Kier alpha value is -0.110. The highest BCUT2D eigenvalue weighted by molar-refractivity contribution is 4.97. The number of rotatable bonds is 0. The summed E-state index contributed by atoms with van der Waals surface area (Å²) >= 11 is 0. The molecule has 0 bridgehead atoms. The molecule has 0 aromatic carbocycles. The summed E-state index contributed by atoms with van der Waals surface area (Å²) in [6.07, 6.45) is 1.35. The van der Waals surface area contributed by atoms with Crippen molar-refractivity contribution in [2.24, 2.45) is 5.41 Å². The molecule has 90 valence electrons. The Morgan fingerprint density at radius 2 is 1.33 bits per heavy atom. The Morgan fingerprint density at radius 3 is 1.60 bits per heavy atom. The molecule has 0 aliphatic carbocycles. The molecule has 1 fully saturated rings. The van der Waals surface area contributed by atoms with Crippen molar-refractivity contribution in [2.45, 2.75) is 65.6 Å². The fourth-order valence-corrected chi connectivity index (χ4v) is 2.28. The molecule has 1 saturated heterocycles. The number of likely N-dealkylation sites (tertiary alicyclic amines) is 1. The maximum Gasteiger partial charge on any atom is 0.118 e. The number of alkyl halides is 1. The molecule has 1 heterocycles. The number of halogens is 1. The van der Waals surface area contributed by atoms with Crippen molar-refractivity contribution in [3.63, 3.8) is 0 Å². The van der Waals surface area contributed by atoms with E-state index in [4.69, 9.17) is 0 Å². The topological polar surface area (TPSA) is 3.24 Å². The van der Waals surface area contributed by atoms with Crippen molar-refractivity contribution in [3.8, 4) is 0 Å². The lowest BCUT2D eigenvalue weighted by atomic mass is 9.72. The molecule has 0 radical (unpaired) electrons. The minimum atomic E-state index is -0.977. The summed E-state index contributed by atoms with van der Waals surface area (Å²) in [5, 5.41) is 0. The van der Waals surface area contributed by atoms with Gasteiger partial charge in [0.2, 0.25) is 0 Å². The second-order valence-electron chi connectivity index (χ2n) is 6.87. The highest BCUT2D eigenvalue weighted by Gasteiger charge is 2.45. The molecule has 0 aromatic heterocycles. The predicted octanol–water partition coefficient (Wildman–Crippen LogP) is 3.64. The summed E-state index contributed by atoms with van der Waals surface area (Å²) in [6.45, 7) is 14.4. The molecule has 15 heavy (non-hydrogen) atoms. The third kappa shape index (κ3) is 2.72. The van der Waals surface area contributed by atoms with Crippen LogP contribution in [0.2, 0.25) is 0 Å². The Morgan fingerprint density at radius 1 is 0.933 bits per heavy atom. The summed E-state index contributed by atoms with van der Waals surface area (Å²) in [5.41, 5.74) is -1.02. The fourth-order valence-electron chi connectivity index (χ4n) is 2.28. The van der Waals surface area contributed by atoms with Gasteiger partial charge in [-0.3, -0.25) is 4.90 Å². The van der Waals surface area contributed by atoms with Crippen molar-refractivity contribution < 1.29 is 4.39 Å². The van der Waals surface area contributed by atoms with Gasteiger partial charge in [-0.25, -0.2) is 4.39 Å². The van der Waals surface area contributed by atoms with Crippen LogP contribution in [0.3, 0.4) is 0 Å². The number of hydrogen-bond donors (Lipinski definition) is 0. The first-order chi connectivity index (χ1) is 6.56. The van der Waals surface area contributed by atoms with Crippen LogP contribution in [-0.2, 0) is 0 Å². The minimum Gasteiger partial charge on any atom is -0.298 e. The molecule has 2 heteroatoms. The molecule has 0 amide bonds. The van der Waals surface area contributed by atoms with Crippen molar-refractivity contribution >= 4 is 0 Å². The van der Waals surface area contributed by atoms with Gasteiger partial charge in [-0.1, -0.05) is 20.8 Å². The van der Waals surface area contributed by atoms with Crippen molar-refractivity contribution in [1.82, 2.24) is 4.90 Å². The third-order valence-electron chi connectivity index (χ3n) is 3.85. The van der Waals surface area contributed by atoms with Gasteiger partial charge >= 0.3 is 0 Å². The molecule has 1 aliphatic rings. The van der Waals surface area contributed by atoms with E-state index in [0.29, 0.717) is 12.8 Å². The van der Waals surface area contributed by atoms with Gasteiger partial charge in [-0.2, -0.15) is 0 Å². The Balaban J connectivity index is 2.64. The van der Waals surface area contributed by atoms with Gasteiger partial charge in [-0.15, -0.1) is 0 Å². The van der Waals surface area contributed by atoms with Crippen LogP contribution in [-0.4, -0.2) is 29.2 Å². The second-order valence-corrected chi connectivity index (χ2v) is 6.87. The first-order valence-electron chi connectivity index (χ1n) is 6.00. The number of nitrogens with zero attached hydrogens (tertiary/aromatic N) is 1. The normalized spacial score (nSPS) is 24.2. The SMILES string of the molecule is CC(C)(C)N1CCC(F)(C(C)(C)C)CC1. The van der Waals surface area contributed by atoms with E-state index >= 15 is 0 Å². The Kier molecular flexibility index (Phi) is 3.22. The van der Waals surface area contributed by atoms with E-state index in [-0.39, 0.29) is 11.0 Å². The quantitative estimate of drug-likeness (QED) is 0.596. The van der Waals surface area contributed by atoms with E-state index in [1.54, 1.807) is 0 Å². The second kappa shape index (κ2) is 3.73. The molecular weight excluding hydrogens is 189 g/mol. The monoisotopic (exact) mass is 215 g/mol. The van der Waals surface area contributed by atoms with E-state index in [1.807, 2.05) is 20.8 Å². The maximum atomic E-state index is 14.6. The first kappa shape index (κ1) is 13.0. The van der Waals surface area contributed by atoms with Crippen LogP contribution in [0.4, 0.5) is 4.39 Å². The van der Waals surface area contributed by atoms with E-state index in [9.17, 15) is 4.39 Å². The van der Waals surface area contributed by atoms with Gasteiger partial charge in [0, 0.05) is 18.6 Å². The molecular formula is C13H26FN. The Bertz CT molecular complexity index is 214. The summed E-state index contributed by atoms with van der Waals surface area (Å²) in [5.74, 6) is 0. The molecule has 0 atom stereocenters. The van der Waals surface area contributed by atoms with Crippen LogP contribution in [0.25, 0.3) is 0 Å². The largest absolute Gasteiger partial charge is 0.298 e. The van der Waals surface area contributed by atoms with Crippen LogP contribution in [0.1, 0.15) is 54.4 Å². The zero-order valence-electron chi connectivity index (χ0n) is 11.2. The van der Waals surface area contributed by atoms with Gasteiger partial charge in [0.05, 0.1) is 0 Å². The maximum absolute atomic E-state index is 14.6. The molecule has 0 N–H and O–H groups in total. The van der Waals surface area contributed by atoms with Crippen molar-refractivity contribution in [1.29, 1.82) is 0 Å². The zero-order chi connectivity index (χ0) is 11.9. The lowest BCUT2D eigenvalue weighted by Crippen LogP contribution is -2.53. The zero-order valence-corrected chi connectivity index (χ0v) is 11.2. The van der Waals surface area contributed by atoms with Crippen LogP contribution < -0.4 is 0 Å². The Labute approximate surface area is 94.0 Å². The van der Waals surface area contributed by atoms with Gasteiger partial charge in [0.15, 0.2) is 0 Å². The molecule has 0 aromatic rings. The summed E-state index contributed by atoms with van der Waals surface area (Å²) < 4.78 is 14.6. The van der Waals surface area contributed by atoms with Crippen molar-refractivity contribution in [2.75, 3.05) is 13.1 Å². The van der Waals surface area contributed by atoms with Crippen LogP contribution >= 0.6 is 0 Å². The standard InChI is InChI=1S/C13H26FN/c1-11(2,3)13(14)7-9-15(10-8-13)12(4,5)6/h7-10H2,1-6H3. The third-order valence-corrected chi connectivity index (χ3v) is 3.85. The highest BCUT2D eigenvalue weighted by Crippen LogP contribution is 2.43. The summed E-state index contributed by atoms with van der Waals surface area (Å²) in [6, 6.07) is 0. The molecule has 1 nitrogen and oxygen atoms in total. The minimum absolute atomic E-state index is 0.180. The van der Waals surface area contributed by atoms with E-state index in [1.165, 1.54) is 0 Å². The van der Waals surface area contributed by atoms with Gasteiger partial charge < -0.3 is 0 Å². The van der Waals surface area contributed by atoms with Gasteiger partial charge in [0.1, 0.15) is 5.67 Å². The molecule has 0 spiro atoms. The van der Waals surface area contributed by atoms with Crippen LogP contribution in [0.5, 0.6) is 0 Å². The van der Waals surface area contributed by atoms with E-state index in [2.05, 4.69) is 25.7 Å². The van der Waals surface area contributed by atoms with Crippen molar-refractivity contribution in [3.05, 3.63) is 0 Å². The average molecular weight is 215 g/mol. The average Bonchev–Trinajstić information content (AvgIpc) is 2.01. The molecule has 0 unspecified atom stereocenters. The molecule has 1 rings (SSSR count). The van der Waals surface area contributed by atoms with Crippen LogP contribution in [0, 0.1) is 5.41 Å². The summed E-state index contributed by atoms with van der Waals surface area (Å²) in [4.78, 5) is 2.39. The van der Waals surface area contributed by atoms with E-state index in [0.717, 1.165) is 13.1 Å². The number of piperidine rings is 1. The fraction of sp³-hybridized carbons (Fsp3) is 1.00. The van der Waals surface area contributed by atoms with Gasteiger partial charge in [0.25, 0.3) is 0 Å². The molecule has 1 aliphatic heterocycles.